The Morgan fingerprint density at radius 2 is 1.84 bits per heavy atom. The van der Waals surface area contributed by atoms with Crippen LogP contribution in [0.25, 0.3) is 0 Å². The first-order valence-electron chi connectivity index (χ1n) is 8.05. The number of hydrogen-bond donors (Lipinski definition) is 1. The van der Waals surface area contributed by atoms with Gasteiger partial charge in [-0.2, -0.15) is 8.78 Å². The molecule has 1 fully saturated rings. The largest absolute Gasteiger partial charge is 0.493 e. The molecule has 1 amide bonds. The Morgan fingerprint density at radius 3 is 2.40 bits per heavy atom. The lowest BCUT2D eigenvalue weighted by molar-refractivity contribution is -0.0512. The summed E-state index contributed by atoms with van der Waals surface area (Å²) < 4.78 is 34.2. The van der Waals surface area contributed by atoms with Gasteiger partial charge in [-0.25, -0.2) is 0 Å². The lowest BCUT2D eigenvalue weighted by Crippen LogP contribution is -2.50. The highest BCUT2D eigenvalue weighted by Gasteiger charge is 2.40. The average Bonchev–Trinajstić information content (AvgIpc) is 2.58. The molecule has 25 heavy (non-hydrogen) atoms. The van der Waals surface area contributed by atoms with Gasteiger partial charge in [0.05, 0.1) is 12.6 Å². The molecule has 0 spiro atoms. The van der Waals surface area contributed by atoms with Gasteiger partial charge in [-0.05, 0) is 43.0 Å². The molecule has 6 heteroatoms. The van der Waals surface area contributed by atoms with Crippen LogP contribution in [0.5, 0.6) is 11.5 Å². The minimum absolute atomic E-state index is 0.0929. The summed E-state index contributed by atoms with van der Waals surface area (Å²) >= 11 is 0. The number of methoxy groups -OCH3 is 1. The van der Waals surface area contributed by atoms with Crippen molar-refractivity contribution in [3.05, 3.63) is 59.7 Å². The molecule has 1 saturated carbocycles. The number of rotatable bonds is 6. The van der Waals surface area contributed by atoms with Crippen molar-refractivity contribution in [3.8, 4) is 11.5 Å². The Balaban J connectivity index is 1.81. The summed E-state index contributed by atoms with van der Waals surface area (Å²) in [4.78, 5) is 12.7. The second kappa shape index (κ2) is 7.09. The highest BCUT2D eigenvalue weighted by Crippen LogP contribution is 2.41. The lowest BCUT2D eigenvalue weighted by Gasteiger charge is -2.43. The van der Waals surface area contributed by atoms with E-state index in [0.29, 0.717) is 5.56 Å². The van der Waals surface area contributed by atoms with Gasteiger partial charge in [0.2, 0.25) is 0 Å². The molecule has 1 aliphatic rings. The van der Waals surface area contributed by atoms with Crippen molar-refractivity contribution >= 4 is 5.91 Å². The Bertz CT molecular complexity index is 746. The number of carbonyl (C=O) groups is 1. The third kappa shape index (κ3) is 3.57. The van der Waals surface area contributed by atoms with Gasteiger partial charge in [-0.15, -0.1) is 0 Å². The molecule has 0 heterocycles. The summed E-state index contributed by atoms with van der Waals surface area (Å²) in [7, 11) is 1.34. The lowest BCUT2D eigenvalue weighted by atomic mass is 9.71. The van der Waals surface area contributed by atoms with E-state index >= 15 is 0 Å². The topological polar surface area (TPSA) is 47.6 Å². The molecule has 0 aromatic heterocycles. The second-order valence-corrected chi connectivity index (χ2v) is 6.00. The third-order valence-corrected chi connectivity index (χ3v) is 4.53. The zero-order valence-electron chi connectivity index (χ0n) is 13.8. The standard InChI is InChI=1S/C19H19F2NO3/c1-24-16-12-13(8-9-15(16)25-18(20)21)17(23)22-19(10-5-11-19)14-6-3-2-4-7-14/h2-4,6-9,12,18H,5,10-11H2,1H3,(H,22,23). The van der Waals surface area contributed by atoms with Gasteiger partial charge in [-0.3, -0.25) is 4.79 Å². The van der Waals surface area contributed by atoms with E-state index in [1.54, 1.807) is 0 Å². The van der Waals surface area contributed by atoms with Crippen LogP contribution in [-0.4, -0.2) is 19.6 Å². The van der Waals surface area contributed by atoms with Crippen molar-refractivity contribution in [2.45, 2.75) is 31.4 Å². The summed E-state index contributed by atoms with van der Waals surface area (Å²) in [5, 5.41) is 3.09. The van der Waals surface area contributed by atoms with Gasteiger partial charge < -0.3 is 14.8 Å². The summed E-state index contributed by atoms with van der Waals surface area (Å²) in [6.45, 7) is -2.95. The van der Waals surface area contributed by atoms with E-state index in [1.165, 1.54) is 25.3 Å². The van der Waals surface area contributed by atoms with Crippen LogP contribution in [0.2, 0.25) is 0 Å². The van der Waals surface area contributed by atoms with Crippen molar-refractivity contribution < 1.29 is 23.0 Å². The monoisotopic (exact) mass is 347 g/mol. The van der Waals surface area contributed by atoms with E-state index in [0.717, 1.165) is 24.8 Å². The van der Waals surface area contributed by atoms with Gasteiger partial charge in [0, 0.05) is 5.56 Å². The molecule has 0 atom stereocenters. The predicted molar refractivity (Wildman–Crippen MR) is 89.1 cm³/mol. The first kappa shape index (κ1) is 17.2. The fourth-order valence-electron chi connectivity index (χ4n) is 3.07. The number of halogens is 2. The molecule has 132 valence electrons. The number of benzene rings is 2. The molecule has 0 unspecified atom stereocenters. The number of nitrogens with one attached hydrogen (secondary N) is 1. The molecule has 4 nitrogen and oxygen atoms in total. The number of alkyl halides is 2. The molecule has 2 aromatic carbocycles. The SMILES string of the molecule is COc1cc(C(=O)NC2(c3ccccc3)CCC2)ccc1OC(F)F. The number of carbonyl (C=O) groups excluding carboxylic acids is 1. The second-order valence-electron chi connectivity index (χ2n) is 6.00. The van der Waals surface area contributed by atoms with Gasteiger partial charge in [0.1, 0.15) is 0 Å². The maximum atomic E-state index is 12.7. The maximum Gasteiger partial charge on any atom is 0.387 e. The maximum absolute atomic E-state index is 12.7. The first-order chi connectivity index (χ1) is 12.0. The van der Waals surface area contributed by atoms with E-state index < -0.39 is 6.61 Å². The van der Waals surface area contributed by atoms with Crippen LogP contribution in [0.15, 0.2) is 48.5 Å². The molecule has 1 N–H and O–H groups in total. The van der Waals surface area contributed by atoms with Crippen molar-refractivity contribution in [1.82, 2.24) is 5.32 Å². The summed E-state index contributed by atoms with van der Waals surface area (Å²) in [6.07, 6.45) is 2.78. The number of hydrogen-bond acceptors (Lipinski definition) is 3. The molecular formula is C19H19F2NO3. The van der Waals surface area contributed by atoms with Gasteiger partial charge in [0.25, 0.3) is 5.91 Å². The van der Waals surface area contributed by atoms with Crippen LogP contribution in [-0.2, 0) is 5.54 Å². The van der Waals surface area contributed by atoms with E-state index in [-0.39, 0.29) is 22.9 Å². The Kier molecular flexibility index (Phi) is 4.88. The van der Waals surface area contributed by atoms with Crippen LogP contribution in [0, 0.1) is 0 Å². The third-order valence-electron chi connectivity index (χ3n) is 4.53. The van der Waals surface area contributed by atoms with Crippen LogP contribution < -0.4 is 14.8 Å². The van der Waals surface area contributed by atoms with Gasteiger partial charge >= 0.3 is 6.61 Å². The minimum atomic E-state index is -2.95. The highest BCUT2D eigenvalue weighted by atomic mass is 19.3. The Labute approximate surface area is 144 Å². The Morgan fingerprint density at radius 1 is 1.12 bits per heavy atom. The van der Waals surface area contributed by atoms with E-state index in [2.05, 4.69) is 10.1 Å². The molecule has 0 saturated heterocycles. The first-order valence-corrected chi connectivity index (χ1v) is 8.05. The number of amides is 1. The van der Waals surface area contributed by atoms with Crippen molar-refractivity contribution in [1.29, 1.82) is 0 Å². The van der Waals surface area contributed by atoms with E-state index in [4.69, 9.17) is 4.74 Å². The van der Waals surface area contributed by atoms with Crippen LogP contribution in [0.4, 0.5) is 8.78 Å². The Hall–Kier alpha value is -2.63. The molecule has 0 bridgehead atoms. The average molecular weight is 347 g/mol. The quantitative estimate of drug-likeness (QED) is 0.856. The minimum Gasteiger partial charge on any atom is -0.493 e. The van der Waals surface area contributed by atoms with Gasteiger partial charge in [0.15, 0.2) is 11.5 Å². The summed E-state index contributed by atoms with van der Waals surface area (Å²) in [5.74, 6) is -0.281. The predicted octanol–water partition coefficient (Wildman–Crippen LogP) is 4.11. The molecule has 1 aliphatic carbocycles. The smallest absolute Gasteiger partial charge is 0.387 e. The normalized spacial score (nSPS) is 15.4. The fourth-order valence-corrected chi connectivity index (χ4v) is 3.07. The zero-order chi connectivity index (χ0) is 17.9. The summed E-state index contributed by atoms with van der Waals surface area (Å²) in [5.41, 5.74) is 1.03. The highest BCUT2D eigenvalue weighted by molar-refractivity contribution is 5.95. The van der Waals surface area contributed by atoms with Crippen LogP contribution in [0.3, 0.4) is 0 Å². The van der Waals surface area contributed by atoms with E-state index in [1.807, 2.05) is 30.3 Å². The van der Waals surface area contributed by atoms with Gasteiger partial charge in [-0.1, -0.05) is 30.3 Å². The summed E-state index contributed by atoms with van der Waals surface area (Å²) in [6, 6.07) is 14.0. The molecule has 2 aromatic rings. The molecule has 0 aliphatic heterocycles. The molecular weight excluding hydrogens is 328 g/mol. The fraction of sp³-hybridized carbons (Fsp3) is 0.316. The van der Waals surface area contributed by atoms with Crippen molar-refractivity contribution in [3.63, 3.8) is 0 Å². The van der Waals surface area contributed by atoms with E-state index in [9.17, 15) is 13.6 Å². The molecule has 3 rings (SSSR count). The van der Waals surface area contributed by atoms with Crippen molar-refractivity contribution in [2.75, 3.05) is 7.11 Å². The van der Waals surface area contributed by atoms with Crippen molar-refractivity contribution in [2.24, 2.45) is 0 Å². The number of ether oxygens (including phenoxy) is 2. The zero-order valence-corrected chi connectivity index (χ0v) is 13.8. The van der Waals surface area contributed by atoms with Crippen LogP contribution >= 0.6 is 0 Å². The molecule has 0 radical (unpaired) electrons. The van der Waals surface area contributed by atoms with Crippen LogP contribution in [0.1, 0.15) is 35.2 Å².